The highest BCUT2D eigenvalue weighted by molar-refractivity contribution is 5.85. The van der Waals surface area contributed by atoms with Gasteiger partial charge in [0.25, 0.3) is 0 Å². The van der Waals surface area contributed by atoms with E-state index in [4.69, 9.17) is 9.47 Å². The second-order valence-electron chi connectivity index (χ2n) is 6.86. The number of hydrogen-bond donors (Lipinski definition) is 1. The van der Waals surface area contributed by atoms with E-state index in [1.54, 1.807) is 14.2 Å². The van der Waals surface area contributed by atoms with Crippen molar-refractivity contribution in [3.63, 3.8) is 0 Å². The summed E-state index contributed by atoms with van der Waals surface area (Å²) in [6.07, 6.45) is 5.33. The fourth-order valence-electron chi connectivity index (χ4n) is 4.31. The first-order valence-corrected chi connectivity index (χ1v) is 8.92. The molecular formula is C19H32Cl2N2O2. The third-order valence-corrected chi connectivity index (χ3v) is 5.38. The van der Waals surface area contributed by atoms with Crippen molar-refractivity contribution in [3.05, 3.63) is 23.3 Å². The lowest BCUT2D eigenvalue weighted by molar-refractivity contribution is 0.120. The third-order valence-electron chi connectivity index (χ3n) is 5.38. The Hall–Kier alpha value is -0.680. The van der Waals surface area contributed by atoms with Crippen molar-refractivity contribution in [3.8, 4) is 11.5 Å². The Morgan fingerprint density at radius 1 is 1.00 bits per heavy atom. The van der Waals surface area contributed by atoms with E-state index in [1.807, 2.05) is 0 Å². The molecule has 2 fully saturated rings. The number of nitrogens with one attached hydrogen (secondary N) is 1. The molecule has 144 valence electrons. The average molecular weight is 391 g/mol. The summed E-state index contributed by atoms with van der Waals surface area (Å²) in [4.78, 5) is 2.64. The molecule has 0 radical (unpaired) electrons. The number of piperazine rings is 1. The van der Waals surface area contributed by atoms with Crippen LogP contribution in [0.15, 0.2) is 12.1 Å². The summed E-state index contributed by atoms with van der Waals surface area (Å²) in [6, 6.07) is 4.72. The van der Waals surface area contributed by atoms with Crippen LogP contribution in [0.25, 0.3) is 0 Å². The van der Waals surface area contributed by atoms with E-state index in [-0.39, 0.29) is 24.8 Å². The molecule has 0 spiro atoms. The van der Waals surface area contributed by atoms with Crippen molar-refractivity contribution in [2.45, 2.75) is 38.6 Å². The van der Waals surface area contributed by atoms with E-state index in [9.17, 15) is 0 Å². The minimum atomic E-state index is 0. The predicted octanol–water partition coefficient (Wildman–Crippen LogP) is 3.99. The van der Waals surface area contributed by atoms with Gasteiger partial charge in [-0.2, -0.15) is 0 Å². The minimum absolute atomic E-state index is 0. The predicted molar refractivity (Wildman–Crippen MR) is 108 cm³/mol. The number of halogens is 2. The van der Waals surface area contributed by atoms with Crippen LogP contribution in [-0.4, -0.2) is 45.3 Å². The smallest absolute Gasteiger partial charge is 0.127 e. The minimum Gasteiger partial charge on any atom is -0.496 e. The van der Waals surface area contributed by atoms with Crippen molar-refractivity contribution in [1.82, 2.24) is 10.2 Å². The van der Waals surface area contributed by atoms with E-state index < -0.39 is 0 Å². The zero-order valence-corrected chi connectivity index (χ0v) is 17.2. The van der Waals surface area contributed by atoms with E-state index in [0.29, 0.717) is 12.0 Å². The summed E-state index contributed by atoms with van der Waals surface area (Å²) in [5.41, 5.74) is 2.45. The third kappa shape index (κ3) is 4.94. The molecular weight excluding hydrogens is 359 g/mol. The molecule has 1 aliphatic carbocycles. The first kappa shape index (κ1) is 22.4. The van der Waals surface area contributed by atoms with Gasteiger partial charge in [0.15, 0.2) is 0 Å². The highest BCUT2D eigenvalue weighted by atomic mass is 35.5. The molecule has 1 aromatic rings. The van der Waals surface area contributed by atoms with Gasteiger partial charge in [-0.1, -0.05) is 12.8 Å². The molecule has 0 bridgehead atoms. The van der Waals surface area contributed by atoms with Crippen LogP contribution in [0.3, 0.4) is 0 Å². The van der Waals surface area contributed by atoms with Gasteiger partial charge >= 0.3 is 0 Å². The molecule has 6 heteroatoms. The molecule has 2 aliphatic rings. The highest BCUT2D eigenvalue weighted by Gasteiger charge is 2.35. The zero-order chi connectivity index (χ0) is 16.2. The Morgan fingerprint density at radius 2 is 1.52 bits per heavy atom. The number of aryl methyl sites for hydroxylation is 1. The SMILES string of the molecule is COc1cc(C)cc(OC)c1[C@H](C1CCCC1)N1CCNCC1.Cl.Cl. The molecule has 0 unspecified atom stereocenters. The molecule has 1 aliphatic heterocycles. The topological polar surface area (TPSA) is 33.7 Å². The van der Waals surface area contributed by atoms with Crippen molar-refractivity contribution in [1.29, 1.82) is 0 Å². The van der Waals surface area contributed by atoms with Crippen LogP contribution in [0.5, 0.6) is 11.5 Å². The van der Waals surface area contributed by atoms with Gasteiger partial charge in [-0.05, 0) is 43.4 Å². The molecule has 1 N–H and O–H groups in total. The molecule has 0 amide bonds. The summed E-state index contributed by atoms with van der Waals surface area (Å²) in [5, 5.41) is 3.47. The fraction of sp³-hybridized carbons (Fsp3) is 0.684. The quantitative estimate of drug-likeness (QED) is 0.823. The monoisotopic (exact) mass is 390 g/mol. The van der Waals surface area contributed by atoms with E-state index >= 15 is 0 Å². The lowest BCUT2D eigenvalue weighted by Gasteiger charge is -2.39. The lowest BCUT2D eigenvalue weighted by atomic mass is 9.88. The molecule has 1 saturated carbocycles. The number of nitrogens with zero attached hydrogens (tertiary/aromatic N) is 1. The van der Waals surface area contributed by atoms with Crippen LogP contribution in [0.1, 0.15) is 42.9 Å². The second kappa shape index (κ2) is 10.5. The van der Waals surface area contributed by atoms with Crippen molar-refractivity contribution < 1.29 is 9.47 Å². The molecule has 25 heavy (non-hydrogen) atoms. The standard InChI is InChI=1S/C19H30N2O2.2ClH/c1-14-12-16(22-2)18(17(13-14)23-3)19(15-6-4-5-7-15)21-10-8-20-9-11-21;;/h12-13,15,19-20H,4-11H2,1-3H3;2*1H/t19-;;/m0../s1. The van der Waals surface area contributed by atoms with Crippen LogP contribution in [0.4, 0.5) is 0 Å². The summed E-state index contributed by atoms with van der Waals surface area (Å²) in [6.45, 7) is 6.44. The van der Waals surface area contributed by atoms with Crippen LogP contribution in [0, 0.1) is 12.8 Å². The van der Waals surface area contributed by atoms with E-state index in [1.165, 1.54) is 36.8 Å². The van der Waals surface area contributed by atoms with Gasteiger partial charge in [-0.25, -0.2) is 0 Å². The number of methoxy groups -OCH3 is 2. The maximum absolute atomic E-state index is 5.78. The number of rotatable bonds is 5. The highest BCUT2D eigenvalue weighted by Crippen LogP contribution is 2.46. The van der Waals surface area contributed by atoms with Crippen LogP contribution in [0.2, 0.25) is 0 Å². The average Bonchev–Trinajstić information content (AvgIpc) is 3.11. The van der Waals surface area contributed by atoms with Crippen LogP contribution >= 0.6 is 24.8 Å². The molecule has 1 heterocycles. The van der Waals surface area contributed by atoms with Gasteiger partial charge in [0.1, 0.15) is 11.5 Å². The summed E-state index contributed by atoms with van der Waals surface area (Å²) >= 11 is 0. The Labute approximate surface area is 164 Å². The Balaban J connectivity index is 0.00000156. The largest absolute Gasteiger partial charge is 0.496 e. The van der Waals surface area contributed by atoms with Crippen molar-refractivity contribution in [2.75, 3.05) is 40.4 Å². The van der Waals surface area contributed by atoms with E-state index in [2.05, 4.69) is 29.3 Å². The van der Waals surface area contributed by atoms with Crippen molar-refractivity contribution in [2.24, 2.45) is 5.92 Å². The first-order valence-electron chi connectivity index (χ1n) is 8.92. The Bertz CT molecular complexity index is 505. The van der Waals surface area contributed by atoms with Crippen LogP contribution < -0.4 is 14.8 Å². The molecule has 1 saturated heterocycles. The molecule has 1 atom stereocenters. The first-order chi connectivity index (χ1) is 11.2. The maximum atomic E-state index is 5.78. The van der Waals surface area contributed by atoms with Gasteiger partial charge in [-0.3, -0.25) is 4.90 Å². The molecule has 0 aromatic heterocycles. The van der Waals surface area contributed by atoms with Gasteiger partial charge < -0.3 is 14.8 Å². The van der Waals surface area contributed by atoms with Gasteiger partial charge in [0.05, 0.1) is 19.8 Å². The number of ether oxygens (including phenoxy) is 2. The van der Waals surface area contributed by atoms with Crippen molar-refractivity contribution >= 4 is 24.8 Å². The Kier molecular flexibility index (Phi) is 9.36. The van der Waals surface area contributed by atoms with Crippen LogP contribution in [-0.2, 0) is 0 Å². The molecule has 3 rings (SSSR count). The summed E-state index contributed by atoms with van der Waals surface area (Å²) in [7, 11) is 3.56. The molecule has 1 aromatic carbocycles. The number of hydrogen-bond acceptors (Lipinski definition) is 4. The molecule has 4 nitrogen and oxygen atoms in total. The summed E-state index contributed by atoms with van der Waals surface area (Å²) in [5.74, 6) is 2.67. The number of benzene rings is 1. The zero-order valence-electron chi connectivity index (χ0n) is 15.5. The Morgan fingerprint density at radius 3 is 2.00 bits per heavy atom. The lowest BCUT2D eigenvalue weighted by Crippen LogP contribution is -2.46. The van der Waals surface area contributed by atoms with Gasteiger partial charge in [0, 0.05) is 32.2 Å². The van der Waals surface area contributed by atoms with Gasteiger partial charge in [0.2, 0.25) is 0 Å². The summed E-state index contributed by atoms with van der Waals surface area (Å²) < 4.78 is 11.6. The normalized spacial score (nSPS) is 19.6. The maximum Gasteiger partial charge on any atom is 0.127 e. The van der Waals surface area contributed by atoms with Gasteiger partial charge in [-0.15, -0.1) is 24.8 Å². The van der Waals surface area contributed by atoms with E-state index in [0.717, 1.165) is 37.7 Å². The fourth-order valence-corrected chi connectivity index (χ4v) is 4.31. The second-order valence-corrected chi connectivity index (χ2v) is 6.86.